The first kappa shape index (κ1) is 22.1. The van der Waals surface area contributed by atoms with Gasteiger partial charge in [-0.05, 0) is 76.2 Å². The Labute approximate surface area is 188 Å². The van der Waals surface area contributed by atoms with E-state index in [-0.39, 0.29) is 11.0 Å². The summed E-state index contributed by atoms with van der Waals surface area (Å²) in [6, 6.07) is 14.5. The lowest BCUT2D eigenvalue weighted by Gasteiger charge is -2.31. The number of benzene rings is 2. The fourth-order valence-corrected chi connectivity index (χ4v) is 6.29. The summed E-state index contributed by atoms with van der Waals surface area (Å²) in [5, 5.41) is 1.21. The van der Waals surface area contributed by atoms with E-state index in [0.29, 0.717) is 22.8 Å². The number of piperidine rings is 1. The van der Waals surface area contributed by atoms with E-state index in [2.05, 4.69) is 15.5 Å². The van der Waals surface area contributed by atoms with Crippen molar-refractivity contribution >= 4 is 38.1 Å². The van der Waals surface area contributed by atoms with Gasteiger partial charge in [-0.25, -0.2) is 8.42 Å². The molecule has 1 saturated heterocycles. The van der Waals surface area contributed by atoms with Crippen molar-refractivity contribution in [2.75, 3.05) is 19.6 Å². The lowest BCUT2D eigenvalue weighted by molar-refractivity contribution is 0.101. The fraction of sp³-hybridized carbons (Fsp3) is 0.375. The van der Waals surface area contributed by atoms with Crippen molar-refractivity contribution in [1.29, 1.82) is 0 Å². The van der Waals surface area contributed by atoms with E-state index in [1.165, 1.54) is 0 Å². The standard InChI is InChI=1S/C24H27ClN2O3S/c1-18(28)23-17-27(24-6-3-2-5-22(23)24)14-4-13-26-15-11-21(12-16-26)31(29,30)20-9-7-19(25)8-10-20/h2-3,5-10,17,21H,4,11-16H2,1H3. The highest BCUT2D eigenvalue weighted by molar-refractivity contribution is 7.92. The molecule has 3 aromatic rings. The second-order valence-corrected chi connectivity index (χ2v) is 10.9. The zero-order valence-electron chi connectivity index (χ0n) is 17.6. The molecule has 0 amide bonds. The second-order valence-electron chi connectivity index (χ2n) is 8.20. The summed E-state index contributed by atoms with van der Waals surface area (Å²) in [5.74, 6) is 0.0823. The number of halogens is 1. The van der Waals surface area contributed by atoms with Gasteiger partial charge in [0.2, 0.25) is 0 Å². The second kappa shape index (κ2) is 9.15. The van der Waals surface area contributed by atoms with Crippen LogP contribution < -0.4 is 0 Å². The van der Waals surface area contributed by atoms with E-state index < -0.39 is 9.84 Å². The van der Waals surface area contributed by atoms with Crippen molar-refractivity contribution in [2.45, 2.75) is 42.9 Å². The number of Topliss-reactive ketones (excluding diaryl/α,β-unsaturated/α-hetero) is 1. The Morgan fingerprint density at radius 3 is 2.39 bits per heavy atom. The zero-order valence-corrected chi connectivity index (χ0v) is 19.2. The number of sulfone groups is 1. The molecule has 1 aliphatic rings. The number of aryl methyl sites for hydroxylation is 1. The maximum absolute atomic E-state index is 12.9. The van der Waals surface area contributed by atoms with E-state index in [0.717, 1.165) is 49.1 Å². The predicted molar refractivity (Wildman–Crippen MR) is 125 cm³/mol. The first-order valence-corrected chi connectivity index (χ1v) is 12.6. The molecule has 0 bridgehead atoms. The molecule has 0 atom stereocenters. The van der Waals surface area contributed by atoms with Crippen molar-refractivity contribution in [3.63, 3.8) is 0 Å². The molecule has 5 nitrogen and oxygen atoms in total. The molecule has 1 fully saturated rings. The molecule has 0 spiro atoms. The van der Waals surface area contributed by atoms with E-state index in [4.69, 9.17) is 11.6 Å². The van der Waals surface area contributed by atoms with Crippen molar-refractivity contribution in [1.82, 2.24) is 9.47 Å². The van der Waals surface area contributed by atoms with Crippen molar-refractivity contribution in [3.8, 4) is 0 Å². The van der Waals surface area contributed by atoms with Crippen LogP contribution in [0.1, 0.15) is 36.5 Å². The quantitative estimate of drug-likeness (QED) is 0.476. The topological polar surface area (TPSA) is 59.4 Å². The molecule has 2 aromatic carbocycles. The van der Waals surface area contributed by atoms with Crippen molar-refractivity contribution < 1.29 is 13.2 Å². The van der Waals surface area contributed by atoms with E-state index in [9.17, 15) is 13.2 Å². The molecule has 4 rings (SSSR count). The lowest BCUT2D eigenvalue weighted by Crippen LogP contribution is -2.39. The van der Waals surface area contributed by atoms with Gasteiger partial charge in [0, 0.05) is 34.2 Å². The number of carbonyl (C=O) groups is 1. The van der Waals surface area contributed by atoms with Crippen LogP contribution in [0, 0.1) is 0 Å². The average Bonchev–Trinajstić information content (AvgIpc) is 3.14. The highest BCUT2D eigenvalue weighted by Crippen LogP contribution is 2.26. The van der Waals surface area contributed by atoms with Gasteiger partial charge in [-0.3, -0.25) is 4.79 Å². The van der Waals surface area contributed by atoms with Crippen LogP contribution in [0.3, 0.4) is 0 Å². The Morgan fingerprint density at radius 2 is 1.71 bits per heavy atom. The zero-order chi connectivity index (χ0) is 22.0. The maximum Gasteiger partial charge on any atom is 0.181 e. The molecule has 0 N–H and O–H groups in total. The minimum atomic E-state index is -3.32. The minimum absolute atomic E-state index is 0.0823. The molecular weight excluding hydrogens is 432 g/mol. The van der Waals surface area contributed by atoms with Crippen LogP contribution in [-0.2, 0) is 16.4 Å². The summed E-state index contributed by atoms with van der Waals surface area (Å²) >= 11 is 5.89. The van der Waals surface area contributed by atoms with E-state index in [1.807, 2.05) is 24.4 Å². The number of rotatable bonds is 7. The smallest absolute Gasteiger partial charge is 0.181 e. The van der Waals surface area contributed by atoms with Crippen LogP contribution in [0.15, 0.2) is 59.6 Å². The summed E-state index contributed by atoms with van der Waals surface area (Å²) in [7, 11) is -3.32. The molecule has 0 saturated carbocycles. The number of carbonyl (C=O) groups excluding carboxylic acids is 1. The summed E-state index contributed by atoms with van der Waals surface area (Å²) in [6.07, 6.45) is 4.19. The van der Waals surface area contributed by atoms with Gasteiger partial charge in [-0.1, -0.05) is 29.8 Å². The molecule has 7 heteroatoms. The number of fused-ring (bicyclic) bond motifs is 1. The largest absolute Gasteiger partial charge is 0.347 e. The Balaban J connectivity index is 1.33. The summed E-state index contributed by atoms with van der Waals surface area (Å²) in [6.45, 7) is 4.91. The van der Waals surface area contributed by atoms with Gasteiger partial charge < -0.3 is 9.47 Å². The SMILES string of the molecule is CC(=O)c1cn(CCCN2CCC(S(=O)(=O)c3ccc(Cl)cc3)CC2)c2ccccc12. The minimum Gasteiger partial charge on any atom is -0.347 e. The highest BCUT2D eigenvalue weighted by atomic mass is 35.5. The Bertz CT molecular complexity index is 1180. The van der Waals surface area contributed by atoms with Crippen molar-refractivity contribution in [3.05, 3.63) is 65.3 Å². The number of ketones is 1. The Hall–Kier alpha value is -2.15. The molecule has 1 aliphatic heterocycles. The Morgan fingerprint density at radius 1 is 1.03 bits per heavy atom. The monoisotopic (exact) mass is 458 g/mol. The number of para-hydroxylation sites is 1. The molecule has 1 aromatic heterocycles. The third-order valence-corrected chi connectivity index (χ3v) is 8.69. The maximum atomic E-state index is 12.9. The van der Waals surface area contributed by atoms with Crippen LogP contribution in [0.25, 0.3) is 10.9 Å². The number of hydrogen-bond acceptors (Lipinski definition) is 4. The summed E-state index contributed by atoms with van der Waals surface area (Å²) in [5.41, 5.74) is 1.85. The molecule has 0 aliphatic carbocycles. The molecule has 164 valence electrons. The predicted octanol–water partition coefficient (Wildman–Crippen LogP) is 4.83. The number of likely N-dealkylation sites (tertiary alicyclic amines) is 1. The molecular formula is C24H27ClN2O3S. The van der Waals surface area contributed by atoms with Crippen LogP contribution in [0.5, 0.6) is 0 Å². The first-order valence-electron chi connectivity index (χ1n) is 10.7. The van der Waals surface area contributed by atoms with Crippen LogP contribution in [-0.4, -0.2) is 48.6 Å². The number of nitrogens with zero attached hydrogens (tertiary/aromatic N) is 2. The number of aromatic nitrogens is 1. The first-order chi connectivity index (χ1) is 14.9. The molecule has 0 unspecified atom stereocenters. The van der Waals surface area contributed by atoms with Gasteiger partial charge in [-0.15, -0.1) is 0 Å². The van der Waals surface area contributed by atoms with Gasteiger partial charge in [-0.2, -0.15) is 0 Å². The van der Waals surface area contributed by atoms with Gasteiger partial charge >= 0.3 is 0 Å². The van der Waals surface area contributed by atoms with Gasteiger partial charge in [0.1, 0.15) is 0 Å². The van der Waals surface area contributed by atoms with Crippen molar-refractivity contribution in [2.24, 2.45) is 0 Å². The summed E-state index contributed by atoms with van der Waals surface area (Å²) < 4.78 is 27.9. The highest BCUT2D eigenvalue weighted by Gasteiger charge is 2.31. The van der Waals surface area contributed by atoms with Crippen LogP contribution >= 0.6 is 11.6 Å². The molecule has 31 heavy (non-hydrogen) atoms. The Kier molecular flexibility index (Phi) is 6.51. The van der Waals surface area contributed by atoms with E-state index >= 15 is 0 Å². The number of hydrogen-bond donors (Lipinski definition) is 0. The molecule has 2 heterocycles. The van der Waals surface area contributed by atoms with Gasteiger partial charge in [0.15, 0.2) is 15.6 Å². The fourth-order valence-electron chi connectivity index (χ4n) is 4.44. The lowest BCUT2D eigenvalue weighted by atomic mass is 10.1. The molecule has 0 radical (unpaired) electrons. The summed E-state index contributed by atoms with van der Waals surface area (Å²) in [4.78, 5) is 14.6. The van der Waals surface area contributed by atoms with E-state index in [1.54, 1.807) is 31.2 Å². The average molecular weight is 459 g/mol. The van der Waals surface area contributed by atoms with Gasteiger partial charge in [0.25, 0.3) is 0 Å². The third-order valence-electron chi connectivity index (χ3n) is 6.16. The third kappa shape index (κ3) is 4.71. The van der Waals surface area contributed by atoms with Gasteiger partial charge in [0.05, 0.1) is 10.1 Å². The van der Waals surface area contributed by atoms with Crippen LogP contribution in [0.4, 0.5) is 0 Å². The normalized spacial score (nSPS) is 16.1. The van der Waals surface area contributed by atoms with Crippen LogP contribution in [0.2, 0.25) is 5.02 Å².